The molecule has 31 heavy (non-hydrogen) atoms. The Kier molecular flexibility index (Phi) is 7.27. The summed E-state index contributed by atoms with van der Waals surface area (Å²) in [7, 11) is 3.17. The fraction of sp³-hybridized carbons (Fsp3) is 0.160. The number of ketones is 1. The molecule has 5 nitrogen and oxygen atoms in total. The van der Waals surface area contributed by atoms with Gasteiger partial charge in [0.15, 0.2) is 0 Å². The quantitative estimate of drug-likeness (QED) is 0.478. The Morgan fingerprint density at radius 2 is 1.74 bits per heavy atom. The minimum atomic E-state index is -0.878. The molecule has 0 bridgehead atoms. The van der Waals surface area contributed by atoms with Gasteiger partial charge in [-0.05, 0) is 35.4 Å². The van der Waals surface area contributed by atoms with E-state index in [1.807, 2.05) is 30.3 Å². The fourth-order valence-corrected chi connectivity index (χ4v) is 3.28. The Morgan fingerprint density at radius 1 is 1.03 bits per heavy atom. The van der Waals surface area contributed by atoms with Gasteiger partial charge in [0.2, 0.25) is 5.78 Å². The van der Waals surface area contributed by atoms with Gasteiger partial charge in [0.05, 0.1) is 18.7 Å². The van der Waals surface area contributed by atoms with Crippen LogP contribution in [0, 0.1) is 11.2 Å². The number of methoxy groups -OCH3 is 1. The van der Waals surface area contributed by atoms with E-state index in [1.54, 1.807) is 56.8 Å². The van der Waals surface area contributed by atoms with Crippen LogP contribution in [0.4, 0.5) is 10.1 Å². The summed E-state index contributed by atoms with van der Waals surface area (Å²) in [6.07, 6.45) is 1.59. The van der Waals surface area contributed by atoms with Crippen LogP contribution in [0.2, 0.25) is 0 Å². The highest BCUT2D eigenvalue weighted by Gasteiger charge is 2.29. The molecule has 158 valence electrons. The zero-order valence-electron chi connectivity index (χ0n) is 17.4. The van der Waals surface area contributed by atoms with E-state index >= 15 is 0 Å². The van der Waals surface area contributed by atoms with E-state index in [1.165, 1.54) is 12.1 Å². The number of ether oxygens (including phenoxy) is 1. The lowest BCUT2D eigenvalue weighted by Gasteiger charge is -2.22. The molecule has 2 unspecified atom stereocenters. The third-order valence-corrected chi connectivity index (χ3v) is 4.88. The summed E-state index contributed by atoms with van der Waals surface area (Å²) in [5, 5.41) is 11.9. The number of halogens is 1. The molecule has 0 fully saturated rings. The Hall–Kier alpha value is -3.80. The first-order valence-electron chi connectivity index (χ1n) is 9.79. The molecule has 3 rings (SSSR count). The van der Waals surface area contributed by atoms with Crippen LogP contribution in [-0.4, -0.2) is 31.9 Å². The van der Waals surface area contributed by atoms with Gasteiger partial charge in [-0.1, -0.05) is 48.5 Å². The van der Waals surface area contributed by atoms with E-state index in [9.17, 15) is 9.18 Å². The average Bonchev–Trinajstić information content (AvgIpc) is 2.81. The molecule has 3 aromatic carbocycles. The summed E-state index contributed by atoms with van der Waals surface area (Å²) in [5.41, 5.74) is 1.89. The molecule has 0 saturated carbocycles. The molecule has 6 heteroatoms. The molecule has 0 aromatic heterocycles. The van der Waals surface area contributed by atoms with Crippen LogP contribution >= 0.6 is 0 Å². The maximum absolute atomic E-state index is 13.5. The van der Waals surface area contributed by atoms with Crippen molar-refractivity contribution < 1.29 is 13.9 Å². The average molecular weight is 417 g/mol. The minimum Gasteiger partial charge on any atom is -0.497 e. The number of hydrogen-bond acceptors (Lipinski definition) is 5. The summed E-state index contributed by atoms with van der Waals surface area (Å²) >= 11 is 0. The summed E-state index contributed by atoms with van der Waals surface area (Å²) < 4.78 is 18.8. The summed E-state index contributed by atoms with van der Waals surface area (Å²) in [6, 6.07) is 21.3. The lowest BCUT2D eigenvalue weighted by atomic mass is 9.88. The molecule has 2 N–H and O–H groups in total. The number of Topliss-reactive ketones (excluding diaryl/α,β-unsaturated/α-hetero) is 1. The molecular formula is C25H24FN3O2. The van der Waals surface area contributed by atoms with Crippen molar-refractivity contribution in [3.8, 4) is 5.75 Å². The maximum Gasteiger partial charge on any atom is 0.204 e. The van der Waals surface area contributed by atoms with E-state index in [0.717, 1.165) is 5.56 Å². The zero-order valence-corrected chi connectivity index (χ0v) is 17.4. The lowest BCUT2D eigenvalue weighted by molar-refractivity contribution is -0.113. The number of anilines is 1. The molecule has 0 saturated heterocycles. The predicted molar refractivity (Wildman–Crippen MR) is 122 cm³/mol. The van der Waals surface area contributed by atoms with Crippen molar-refractivity contribution in [3.05, 3.63) is 95.8 Å². The van der Waals surface area contributed by atoms with Gasteiger partial charge in [-0.2, -0.15) is 0 Å². The van der Waals surface area contributed by atoms with Crippen molar-refractivity contribution in [2.75, 3.05) is 19.5 Å². The van der Waals surface area contributed by atoms with Crippen LogP contribution in [0.15, 0.2) is 83.9 Å². The van der Waals surface area contributed by atoms with Crippen LogP contribution in [0.25, 0.3) is 0 Å². The summed E-state index contributed by atoms with van der Waals surface area (Å²) in [4.78, 5) is 17.6. The van der Waals surface area contributed by atoms with Crippen molar-refractivity contribution in [1.29, 1.82) is 5.41 Å². The van der Waals surface area contributed by atoms with Gasteiger partial charge in [-0.3, -0.25) is 9.79 Å². The predicted octanol–water partition coefficient (Wildman–Crippen LogP) is 5.06. The van der Waals surface area contributed by atoms with E-state index < -0.39 is 23.6 Å². The highest BCUT2D eigenvalue weighted by atomic mass is 19.1. The van der Waals surface area contributed by atoms with Crippen molar-refractivity contribution in [3.63, 3.8) is 0 Å². The van der Waals surface area contributed by atoms with Gasteiger partial charge in [0.1, 0.15) is 17.6 Å². The minimum absolute atomic E-state index is 0.110. The van der Waals surface area contributed by atoms with Crippen LogP contribution in [-0.2, 0) is 4.79 Å². The molecular weight excluding hydrogens is 393 g/mol. The maximum atomic E-state index is 13.5. The second-order valence-electron chi connectivity index (χ2n) is 6.93. The smallest absolute Gasteiger partial charge is 0.204 e. The first-order chi connectivity index (χ1) is 15.0. The van der Waals surface area contributed by atoms with Gasteiger partial charge >= 0.3 is 0 Å². The van der Waals surface area contributed by atoms with E-state index in [0.29, 0.717) is 17.0 Å². The molecule has 0 spiro atoms. The van der Waals surface area contributed by atoms with Crippen molar-refractivity contribution in [2.24, 2.45) is 4.99 Å². The fourth-order valence-electron chi connectivity index (χ4n) is 3.28. The van der Waals surface area contributed by atoms with Gasteiger partial charge < -0.3 is 15.5 Å². The number of benzene rings is 3. The second kappa shape index (κ2) is 10.3. The van der Waals surface area contributed by atoms with Crippen LogP contribution in [0.1, 0.15) is 23.1 Å². The van der Waals surface area contributed by atoms with Crippen LogP contribution in [0.5, 0.6) is 5.75 Å². The monoisotopic (exact) mass is 417 g/mol. The Bertz CT molecular complexity index is 1070. The van der Waals surface area contributed by atoms with E-state index in [-0.39, 0.29) is 5.71 Å². The van der Waals surface area contributed by atoms with E-state index in [4.69, 9.17) is 10.1 Å². The topological polar surface area (TPSA) is 74.5 Å². The molecule has 0 aliphatic carbocycles. The number of nitrogens with one attached hydrogen (secondary N) is 2. The Morgan fingerprint density at radius 3 is 2.39 bits per heavy atom. The first kappa shape index (κ1) is 21.9. The van der Waals surface area contributed by atoms with Gasteiger partial charge in [-0.15, -0.1) is 0 Å². The van der Waals surface area contributed by atoms with Crippen molar-refractivity contribution in [2.45, 2.75) is 12.0 Å². The highest BCUT2D eigenvalue weighted by Crippen LogP contribution is 2.27. The third kappa shape index (κ3) is 5.42. The standard InChI is InChI=1S/C25H24FN3O2/c1-28-16-22(17-7-4-3-5-8-17)23(27)25(30)24(18-11-13-19(26)14-12-18)29-20-9-6-10-21(15-20)31-2/h3-16,22,24,27,29H,1-2H3. The number of rotatable bonds is 9. The summed E-state index contributed by atoms with van der Waals surface area (Å²) in [5.74, 6) is -0.783. The van der Waals surface area contributed by atoms with Gasteiger partial charge in [-0.25, -0.2) is 4.39 Å². The van der Waals surface area contributed by atoms with Crippen molar-refractivity contribution >= 4 is 23.4 Å². The number of carbonyl (C=O) groups excluding carboxylic acids is 1. The molecule has 0 heterocycles. The van der Waals surface area contributed by atoms with E-state index in [2.05, 4.69) is 10.3 Å². The third-order valence-electron chi connectivity index (χ3n) is 4.88. The largest absolute Gasteiger partial charge is 0.497 e. The number of carbonyl (C=O) groups is 1. The first-order valence-corrected chi connectivity index (χ1v) is 9.79. The number of hydrogen-bond donors (Lipinski definition) is 2. The highest BCUT2D eigenvalue weighted by molar-refractivity contribution is 6.45. The normalized spacial score (nSPS) is 12.9. The van der Waals surface area contributed by atoms with Gasteiger partial charge in [0.25, 0.3) is 0 Å². The molecule has 0 aliphatic rings. The van der Waals surface area contributed by atoms with Crippen LogP contribution in [0.3, 0.4) is 0 Å². The number of aliphatic imine (C=N–C) groups is 1. The summed E-state index contributed by atoms with van der Waals surface area (Å²) in [6.45, 7) is 0. The van der Waals surface area contributed by atoms with Crippen LogP contribution < -0.4 is 10.1 Å². The molecule has 0 radical (unpaired) electrons. The molecule has 2 atom stereocenters. The van der Waals surface area contributed by atoms with Crippen molar-refractivity contribution in [1.82, 2.24) is 0 Å². The lowest BCUT2D eigenvalue weighted by Crippen LogP contribution is -2.32. The Balaban J connectivity index is 1.97. The number of nitrogens with zero attached hydrogens (tertiary/aromatic N) is 1. The second-order valence-corrected chi connectivity index (χ2v) is 6.93. The zero-order chi connectivity index (χ0) is 22.2. The molecule has 3 aromatic rings. The molecule has 0 aliphatic heterocycles. The Labute approximate surface area is 181 Å². The van der Waals surface area contributed by atoms with Gasteiger partial charge in [0, 0.05) is 25.0 Å². The molecule has 0 amide bonds. The SMILES string of the molecule is CN=CC(C(=N)C(=O)C(Nc1cccc(OC)c1)c1ccc(F)cc1)c1ccccc1.